The summed E-state index contributed by atoms with van der Waals surface area (Å²) in [6.07, 6.45) is -3.30. The van der Waals surface area contributed by atoms with Gasteiger partial charge in [-0.2, -0.15) is 13.2 Å². The maximum absolute atomic E-state index is 13.0. The molecule has 3 amide bonds. The Kier molecular flexibility index (Phi) is 9.13. The predicted molar refractivity (Wildman–Crippen MR) is 135 cm³/mol. The number of alkyl halides is 3. The highest BCUT2D eigenvalue weighted by Gasteiger charge is 2.33. The normalized spacial score (nSPS) is 10.9. The van der Waals surface area contributed by atoms with Crippen molar-refractivity contribution in [3.8, 4) is 11.5 Å². The van der Waals surface area contributed by atoms with Gasteiger partial charge in [0.15, 0.2) is 0 Å². The summed E-state index contributed by atoms with van der Waals surface area (Å²) >= 11 is 5.59. The van der Waals surface area contributed by atoms with Crippen LogP contribution in [0.3, 0.4) is 0 Å². The van der Waals surface area contributed by atoms with Crippen molar-refractivity contribution in [2.75, 3.05) is 29.7 Å². The number of pyridine rings is 1. The summed E-state index contributed by atoms with van der Waals surface area (Å²) < 4.78 is 49.3. The van der Waals surface area contributed by atoms with Gasteiger partial charge in [0, 0.05) is 37.1 Å². The van der Waals surface area contributed by atoms with Gasteiger partial charge in [0.05, 0.1) is 24.1 Å². The second-order valence-electron chi connectivity index (χ2n) is 7.78. The van der Waals surface area contributed by atoms with E-state index in [9.17, 15) is 27.6 Å². The minimum Gasteiger partial charge on any atom is -0.469 e. The van der Waals surface area contributed by atoms with E-state index in [0.717, 1.165) is 12.1 Å². The molecule has 9 nitrogen and oxygen atoms in total. The van der Waals surface area contributed by atoms with Crippen molar-refractivity contribution in [1.29, 1.82) is 0 Å². The van der Waals surface area contributed by atoms with E-state index in [-0.39, 0.29) is 24.4 Å². The van der Waals surface area contributed by atoms with Crippen LogP contribution in [0.4, 0.5) is 35.2 Å². The lowest BCUT2D eigenvalue weighted by atomic mass is 10.2. The standard InChI is InChI=1S/C25H22ClF3N4O5/c1-33(22(34)9-10-23(35)37-2)21-14-18(11-12-30-21)38-17-6-3-15(4-7-17)31-24(36)32-16-5-8-20(26)19(13-16)25(27,28)29/h3-8,11-14H,9-10H2,1-2H3,(H2,31,32,36). The molecule has 0 saturated heterocycles. The fraction of sp³-hybridized carbons (Fsp3) is 0.200. The number of methoxy groups -OCH3 is 1. The minimum absolute atomic E-state index is 0.0422. The van der Waals surface area contributed by atoms with E-state index in [2.05, 4.69) is 20.4 Å². The van der Waals surface area contributed by atoms with E-state index in [1.54, 1.807) is 18.2 Å². The number of benzene rings is 2. The average Bonchev–Trinajstić information content (AvgIpc) is 2.88. The number of amides is 3. The summed E-state index contributed by atoms with van der Waals surface area (Å²) in [5, 5.41) is 4.36. The summed E-state index contributed by atoms with van der Waals surface area (Å²) in [5.74, 6) is 0.266. The van der Waals surface area contributed by atoms with Crippen LogP contribution in [0.5, 0.6) is 11.5 Å². The van der Waals surface area contributed by atoms with Gasteiger partial charge >= 0.3 is 18.2 Å². The van der Waals surface area contributed by atoms with Gasteiger partial charge < -0.3 is 20.1 Å². The molecule has 0 bridgehead atoms. The van der Waals surface area contributed by atoms with Crippen LogP contribution < -0.4 is 20.3 Å². The van der Waals surface area contributed by atoms with Crippen molar-refractivity contribution in [3.63, 3.8) is 0 Å². The Hall–Kier alpha value is -4.32. The number of halogens is 4. The van der Waals surface area contributed by atoms with Gasteiger partial charge in [-0.3, -0.25) is 14.5 Å². The zero-order valence-corrected chi connectivity index (χ0v) is 20.9. The molecule has 0 fully saturated rings. The van der Waals surface area contributed by atoms with Gasteiger partial charge in [-0.1, -0.05) is 11.6 Å². The molecule has 0 aliphatic carbocycles. The molecular weight excluding hydrogens is 529 g/mol. The average molecular weight is 551 g/mol. The molecule has 0 unspecified atom stereocenters. The second-order valence-corrected chi connectivity index (χ2v) is 8.18. The number of urea groups is 1. The van der Waals surface area contributed by atoms with Gasteiger partial charge in [0.25, 0.3) is 0 Å². The molecule has 2 aromatic carbocycles. The van der Waals surface area contributed by atoms with Gasteiger partial charge in [0.2, 0.25) is 5.91 Å². The largest absolute Gasteiger partial charge is 0.469 e. The third-order valence-electron chi connectivity index (χ3n) is 5.08. The highest BCUT2D eigenvalue weighted by molar-refractivity contribution is 6.31. The van der Waals surface area contributed by atoms with E-state index in [1.807, 2.05) is 0 Å². The number of anilines is 3. The number of carbonyl (C=O) groups excluding carboxylic acids is 3. The Balaban J connectivity index is 1.59. The third-order valence-corrected chi connectivity index (χ3v) is 5.41. The Labute approximate surface area is 220 Å². The molecule has 1 heterocycles. The molecule has 200 valence electrons. The number of esters is 1. The van der Waals surface area contributed by atoms with Gasteiger partial charge in [-0.15, -0.1) is 0 Å². The highest BCUT2D eigenvalue weighted by Crippen LogP contribution is 2.36. The van der Waals surface area contributed by atoms with Crippen LogP contribution in [0.2, 0.25) is 5.02 Å². The molecule has 3 rings (SSSR count). The van der Waals surface area contributed by atoms with Crippen LogP contribution in [0.25, 0.3) is 0 Å². The zero-order valence-electron chi connectivity index (χ0n) is 20.1. The first-order valence-corrected chi connectivity index (χ1v) is 11.4. The number of hydrogen-bond donors (Lipinski definition) is 2. The van der Waals surface area contributed by atoms with Crippen LogP contribution in [0.1, 0.15) is 18.4 Å². The molecule has 0 radical (unpaired) electrons. The van der Waals surface area contributed by atoms with Crippen molar-refractivity contribution in [2.45, 2.75) is 19.0 Å². The fourth-order valence-electron chi connectivity index (χ4n) is 3.11. The Morgan fingerprint density at radius 3 is 2.26 bits per heavy atom. The second kappa shape index (κ2) is 12.3. The Bertz CT molecular complexity index is 1320. The lowest BCUT2D eigenvalue weighted by molar-refractivity contribution is -0.142. The number of nitrogens with zero attached hydrogens (tertiary/aromatic N) is 2. The van der Waals surface area contributed by atoms with E-state index < -0.39 is 28.8 Å². The third kappa shape index (κ3) is 7.84. The first-order valence-electron chi connectivity index (χ1n) is 11.0. The van der Waals surface area contributed by atoms with Crippen molar-refractivity contribution in [1.82, 2.24) is 4.98 Å². The lowest BCUT2D eigenvalue weighted by Crippen LogP contribution is -2.27. The quantitative estimate of drug-likeness (QED) is 0.328. The minimum atomic E-state index is -4.66. The molecule has 2 N–H and O–H groups in total. The van der Waals surface area contributed by atoms with Crippen molar-refractivity contribution < 1.29 is 37.0 Å². The van der Waals surface area contributed by atoms with Crippen LogP contribution in [-0.2, 0) is 20.5 Å². The Morgan fingerprint density at radius 2 is 1.61 bits per heavy atom. The summed E-state index contributed by atoms with van der Waals surface area (Å²) in [5.41, 5.74) is -0.790. The zero-order chi connectivity index (χ0) is 27.9. The topological polar surface area (TPSA) is 110 Å². The van der Waals surface area contributed by atoms with E-state index in [4.69, 9.17) is 16.3 Å². The first kappa shape index (κ1) is 28.3. The van der Waals surface area contributed by atoms with Crippen molar-refractivity contribution in [3.05, 3.63) is 71.4 Å². The lowest BCUT2D eigenvalue weighted by Gasteiger charge is -2.17. The Morgan fingerprint density at radius 1 is 0.947 bits per heavy atom. The molecule has 0 aliphatic rings. The summed E-state index contributed by atoms with van der Waals surface area (Å²) in [6, 6.07) is 11.6. The predicted octanol–water partition coefficient (Wildman–Crippen LogP) is 6.11. The monoisotopic (exact) mass is 550 g/mol. The highest BCUT2D eigenvalue weighted by atomic mass is 35.5. The number of carbonyl (C=O) groups is 3. The molecule has 1 aromatic heterocycles. The maximum atomic E-state index is 13.0. The van der Waals surface area contributed by atoms with E-state index in [1.165, 1.54) is 49.5 Å². The molecule has 13 heteroatoms. The van der Waals surface area contributed by atoms with Crippen molar-refractivity contribution in [2.24, 2.45) is 0 Å². The SMILES string of the molecule is COC(=O)CCC(=O)N(C)c1cc(Oc2ccc(NC(=O)Nc3ccc(Cl)c(C(F)(F)F)c3)cc2)ccn1. The van der Waals surface area contributed by atoms with E-state index in [0.29, 0.717) is 23.0 Å². The number of rotatable bonds is 8. The van der Waals surface area contributed by atoms with Crippen molar-refractivity contribution >= 4 is 46.7 Å². The molecular formula is C25H22ClF3N4O5. The fourth-order valence-corrected chi connectivity index (χ4v) is 3.33. The van der Waals surface area contributed by atoms with Crippen LogP contribution in [0.15, 0.2) is 60.8 Å². The summed E-state index contributed by atoms with van der Waals surface area (Å²) in [7, 11) is 2.76. The summed E-state index contributed by atoms with van der Waals surface area (Å²) in [4.78, 5) is 41.2. The number of hydrogen-bond acceptors (Lipinski definition) is 6. The van der Waals surface area contributed by atoms with Crippen LogP contribution in [0, 0.1) is 0 Å². The van der Waals surface area contributed by atoms with Gasteiger partial charge in [-0.05, 0) is 48.5 Å². The molecule has 38 heavy (non-hydrogen) atoms. The van der Waals surface area contributed by atoms with Gasteiger partial charge in [0.1, 0.15) is 17.3 Å². The van der Waals surface area contributed by atoms with Gasteiger partial charge in [-0.25, -0.2) is 9.78 Å². The maximum Gasteiger partial charge on any atom is 0.417 e. The van der Waals surface area contributed by atoms with Crippen LogP contribution in [-0.4, -0.2) is 37.0 Å². The number of nitrogens with one attached hydrogen (secondary N) is 2. The number of ether oxygens (including phenoxy) is 2. The number of aromatic nitrogens is 1. The van der Waals surface area contributed by atoms with E-state index >= 15 is 0 Å². The van der Waals surface area contributed by atoms with Crippen LogP contribution >= 0.6 is 11.6 Å². The summed E-state index contributed by atoms with van der Waals surface area (Å²) in [6.45, 7) is 0. The molecule has 0 aliphatic heterocycles. The molecule has 0 atom stereocenters. The molecule has 3 aromatic rings. The molecule has 0 spiro atoms. The first-order chi connectivity index (χ1) is 18.0. The smallest absolute Gasteiger partial charge is 0.417 e. The molecule has 0 saturated carbocycles.